The van der Waals surface area contributed by atoms with Crippen LogP contribution in [0.15, 0.2) is 55.0 Å². The molecule has 0 spiro atoms. The van der Waals surface area contributed by atoms with Crippen molar-refractivity contribution in [1.29, 1.82) is 0 Å². The molecule has 10 nitrogen and oxygen atoms in total. The normalized spacial score (nSPS) is 12.9. The summed E-state index contributed by atoms with van der Waals surface area (Å²) in [6, 6.07) is 12.1. The maximum absolute atomic E-state index is 11.2. The van der Waals surface area contributed by atoms with E-state index >= 15 is 0 Å². The summed E-state index contributed by atoms with van der Waals surface area (Å²) in [6.45, 7) is 1.58. The minimum Gasteiger partial charge on any atom is -0.497 e. The average Bonchev–Trinajstić information content (AvgIpc) is 3.66. The van der Waals surface area contributed by atoms with Crippen molar-refractivity contribution in [3.63, 3.8) is 0 Å². The molecule has 1 amide bonds. The molecule has 1 aliphatic rings. The minimum atomic E-state index is -0.377. The maximum Gasteiger partial charge on any atom is 0.243 e. The zero-order valence-electron chi connectivity index (χ0n) is 21.6. The molecular formula is C28H32N6O4. The number of aryl methyl sites for hydroxylation is 1. The molecular weight excluding hydrogens is 484 g/mol. The molecule has 0 bridgehead atoms. The quantitative estimate of drug-likeness (QED) is 0.158. The van der Waals surface area contributed by atoms with Gasteiger partial charge in [0, 0.05) is 60.8 Å². The second-order valence-electron chi connectivity index (χ2n) is 9.54. The predicted octanol–water partition coefficient (Wildman–Crippen LogP) is 4.73. The van der Waals surface area contributed by atoms with Crippen molar-refractivity contribution in [3.8, 4) is 22.8 Å². The summed E-state index contributed by atoms with van der Waals surface area (Å²) >= 11 is 0. The molecule has 1 saturated carbocycles. The van der Waals surface area contributed by atoms with Gasteiger partial charge < -0.3 is 14.4 Å². The van der Waals surface area contributed by atoms with Crippen molar-refractivity contribution >= 4 is 28.3 Å². The van der Waals surface area contributed by atoms with Crippen LogP contribution < -0.4 is 19.9 Å². The third kappa shape index (κ3) is 6.03. The first kappa shape index (κ1) is 25.5. The van der Waals surface area contributed by atoms with E-state index in [1.54, 1.807) is 32.1 Å². The van der Waals surface area contributed by atoms with Crippen LogP contribution in [0.2, 0.25) is 0 Å². The van der Waals surface area contributed by atoms with Gasteiger partial charge in [0.15, 0.2) is 0 Å². The number of carbonyl (C=O) groups excluding carboxylic acids is 1. The van der Waals surface area contributed by atoms with Gasteiger partial charge in [-0.25, -0.2) is 10.5 Å². The number of anilines is 2. The van der Waals surface area contributed by atoms with Crippen molar-refractivity contribution in [2.75, 3.05) is 25.7 Å². The van der Waals surface area contributed by atoms with Crippen molar-refractivity contribution in [2.45, 2.75) is 38.6 Å². The largest absolute Gasteiger partial charge is 0.497 e. The van der Waals surface area contributed by atoms with E-state index in [0.29, 0.717) is 18.9 Å². The molecule has 2 N–H and O–H groups in total. The van der Waals surface area contributed by atoms with E-state index < -0.39 is 0 Å². The zero-order chi connectivity index (χ0) is 26.5. The molecule has 0 radical (unpaired) electrons. The van der Waals surface area contributed by atoms with Crippen LogP contribution in [-0.2, 0) is 11.3 Å². The number of rotatable bonds is 12. The second-order valence-corrected chi connectivity index (χ2v) is 9.54. The highest BCUT2D eigenvalue weighted by molar-refractivity contribution is 5.82. The molecule has 38 heavy (non-hydrogen) atoms. The van der Waals surface area contributed by atoms with Gasteiger partial charge in [-0.1, -0.05) is 0 Å². The highest BCUT2D eigenvalue weighted by Gasteiger charge is 2.26. The van der Waals surface area contributed by atoms with Crippen LogP contribution in [0.3, 0.4) is 0 Å². The summed E-state index contributed by atoms with van der Waals surface area (Å²) in [5, 5.41) is 13.0. The van der Waals surface area contributed by atoms with E-state index in [1.807, 2.05) is 35.1 Å². The number of aromatic nitrogens is 4. The van der Waals surface area contributed by atoms with Gasteiger partial charge in [-0.05, 0) is 49.8 Å². The lowest BCUT2D eigenvalue weighted by atomic mass is 10.1. The number of hydrogen-bond acceptors (Lipinski definition) is 8. The number of nitrogens with one attached hydrogen (secondary N) is 1. The van der Waals surface area contributed by atoms with Gasteiger partial charge in [0.2, 0.25) is 5.91 Å². The Morgan fingerprint density at radius 1 is 1.05 bits per heavy atom. The third-order valence-corrected chi connectivity index (χ3v) is 6.72. The molecule has 10 heteroatoms. The van der Waals surface area contributed by atoms with E-state index in [-0.39, 0.29) is 12.3 Å². The molecule has 198 valence electrons. The molecule has 0 unspecified atom stereocenters. The summed E-state index contributed by atoms with van der Waals surface area (Å²) in [7, 11) is 3.32. The molecule has 1 aliphatic carbocycles. The molecule has 5 rings (SSSR count). The number of unbranched alkanes of at least 4 members (excludes halogenated alkanes) is 1. The lowest BCUT2D eigenvalue weighted by molar-refractivity contribution is -0.129. The lowest BCUT2D eigenvalue weighted by Crippen LogP contribution is -2.20. The third-order valence-electron chi connectivity index (χ3n) is 6.72. The molecule has 0 atom stereocenters. The summed E-state index contributed by atoms with van der Waals surface area (Å²) in [4.78, 5) is 23.0. The topological polar surface area (TPSA) is 115 Å². The number of nitrogens with zero attached hydrogens (tertiary/aromatic N) is 5. The number of ether oxygens (including phenoxy) is 2. The summed E-state index contributed by atoms with van der Waals surface area (Å²) < 4.78 is 12.9. The fourth-order valence-corrected chi connectivity index (χ4v) is 4.41. The van der Waals surface area contributed by atoms with E-state index in [4.69, 9.17) is 19.7 Å². The Labute approximate surface area is 221 Å². The second kappa shape index (κ2) is 11.5. The van der Waals surface area contributed by atoms with Crippen LogP contribution in [0.5, 0.6) is 11.5 Å². The first-order valence-corrected chi connectivity index (χ1v) is 12.8. The van der Waals surface area contributed by atoms with Crippen molar-refractivity contribution in [3.05, 3.63) is 55.0 Å². The smallest absolute Gasteiger partial charge is 0.243 e. The van der Waals surface area contributed by atoms with Crippen molar-refractivity contribution in [2.24, 2.45) is 5.92 Å². The van der Waals surface area contributed by atoms with Crippen molar-refractivity contribution < 1.29 is 19.5 Å². The Morgan fingerprint density at radius 2 is 1.84 bits per heavy atom. The molecule has 0 aliphatic heterocycles. The Morgan fingerprint density at radius 3 is 2.55 bits per heavy atom. The molecule has 4 aromatic rings. The SMILES string of the molecule is COc1cc(OC)cc(N(CC2CC2)c2ccc3ncc(-c4cnn(CCCCC(=O)NO)c4)nc3c2)c1. The Balaban J connectivity index is 1.39. The van der Waals surface area contributed by atoms with Gasteiger partial charge in [-0.2, -0.15) is 5.10 Å². The van der Waals surface area contributed by atoms with E-state index in [2.05, 4.69) is 27.1 Å². The molecule has 1 fully saturated rings. The first-order valence-electron chi connectivity index (χ1n) is 12.8. The van der Waals surface area contributed by atoms with Gasteiger partial charge in [0.05, 0.1) is 43.3 Å². The van der Waals surface area contributed by atoms with Gasteiger partial charge >= 0.3 is 0 Å². The van der Waals surface area contributed by atoms with Gasteiger partial charge in [0.25, 0.3) is 0 Å². The van der Waals surface area contributed by atoms with Crippen LogP contribution in [-0.4, -0.2) is 51.6 Å². The van der Waals surface area contributed by atoms with Gasteiger partial charge in [-0.3, -0.25) is 19.7 Å². The van der Waals surface area contributed by atoms with Crippen molar-refractivity contribution in [1.82, 2.24) is 25.2 Å². The lowest BCUT2D eigenvalue weighted by Gasteiger charge is -2.26. The number of hydroxylamine groups is 1. The van der Waals surface area contributed by atoms with E-state index in [1.165, 1.54) is 12.8 Å². The number of benzene rings is 2. The summed E-state index contributed by atoms with van der Waals surface area (Å²) in [5.74, 6) is 1.77. The monoisotopic (exact) mass is 516 g/mol. The van der Waals surface area contributed by atoms with Gasteiger partial charge in [-0.15, -0.1) is 0 Å². The molecule has 0 saturated heterocycles. The number of carbonyl (C=O) groups is 1. The fourth-order valence-electron chi connectivity index (χ4n) is 4.41. The molecule has 2 aromatic carbocycles. The summed E-state index contributed by atoms with van der Waals surface area (Å²) in [5.41, 5.74) is 6.95. The predicted molar refractivity (Wildman–Crippen MR) is 144 cm³/mol. The Hall–Kier alpha value is -4.18. The minimum absolute atomic E-state index is 0.281. The first-order chi connectivity index (χ1) is 18.6. The average molecular weight is 517 g/mol. The molecule has 2 aromatic heterocycles. The Bertz CT molecular complexity index is 1400. The number of fused-ring (bicyclic) bond motifs is 1. The van der Waals surface area contributed by atoms with Crippen LogP contribution in [0.25, 0.3) is 22.3 Å². The standard InChI is InChI=1S/C28H32N6O4/c1-37-23-11-22(12-24(14-23)38-2)34(17-19-6-7-19)21-8-9-25-26(13-21)31-27(16-29-25)20-15-30-33(18-20)10-4-3-5-28(35)32-36/h8-9,11-16,18-19,36H,3-7,10,17H2,1-2H3,(H,32,35). The highest BCUT2D eigenvalue weighted by atomic mass is 16.5. The number of amides is 1. The Kier molecular flexibility index (Phi) is 7.69. The fraction of sp³-hybridized carbons (Fsp3) is 0.357. The van der Waals surface area contributed by atoms with Crippen LogP contribution in [0.1, 0.15) is 32.1 Å². The zero-order valence-corrected chi connectivity index (χ0v) is 21.6. The van der Waals surface area contributed by atoms with Crippen LogP contribution in [0.4, 0.5) is 11.4 Å². The summed E-state index contributed by atoms with van der Waals surface area (Å²) in [6.07, 6.45) is 9.66. The van der Waals surface area contributed by atoms with Crippen LogP contribution >= 0.6 is 0 Å². The number of hydrogen-bond donors (Lipinski definition) is 2. The van der Waals surface area contributed by atoms with Crippen LogP contribution in [0, 0.1) is 5.92 Å². The van der Waals surface area contributed by atoms with Gasteiger partial charge in [0.1, 0.15) is 11.5 Å². The highest BCUT2D eigenvalue weighted by Crippen LogP contribution is 2.38. The van der Waals surface area contributed by atoms with E-state index in [9.17, 15) is 4.79 Å². The number of methoxy groups -OCH3 is 2. The van der Waals surface area contributed by atoms with E-state index in [0.717, 1.165) is 58.1 Å². The maximum atomic E-state index is 11.2. The molecule has 2 heterocycles.